The second-order valence-electron chi connectivity index (χ2n) is 12.1. The van der Waals surface area contributed by atoms with Gasteiger partial charge >= 0.3 is 11.9 Å². The van der Waals surface area contributed by atoms with E-state index in [0.29, 0.717) is 12.8 Å². The molecule has 1 amide bonds. The first-order valence-corrected chi connectivity index (χ1v) is 18.3. The van der Waals surface area contributed by atoms with Crippen LogP contribution in [0.4, 0.5) is 0 Å². The topological polar surface area (TPSA) is 92.7 Å². The van der Waals surface area contributed by atoms with Crippen LogP contribution in [0.2, 0.25) is 0 Å². The molecule has 6 nitrogen and oxygen atoms in total. The van der Waals surface area contributed by atoms with Gasteiger partial charge in [0.2, 0.25) is 5.91 Å². The van der Waals surface area contributed by atoms with Crippen LogP contribution in [0.5, 0.6) is 0 Å². The summed E-state index contributed by atoms with van der Waals surface area (Å²) in [5, 5.41) is 11.0. The van der Waals surface area contributed by atoms with Gasteiger partial charge in [0.1, 0.15) is 12.6 Å². The largest absolute Gasteiger partial charge is 0.480 e. The van der Waals surface area contributed by atoms with Crippen LogP contribution >= 0.6 is 0 Å². The number of unbranched alkanes of at least 4 members (excludes halogenated alkanes) is 15. The standard InChI is InChI=1S/C39H67NO5/c1-3-5-7-9-11-12-13-14-15-16-17-18-19-20-22-24-30-34-39(44)45-36(31-27-23-21-10-8-6-4-2)32-28-25-26-29-33-37(41)40-35-38(42)43/h5,7,11-12,14-15,27,31,36H,3-4,6,8-10,13,16-26,28-30,32-35H2,1-2H3,(H,40,41)(H,42,43)/b7-5-,12-11-,15-14-,31-27-. The van der Waals surface area contributed by atoms with Crippen molar-refractivity contribution in [1.29, 1.82) is 0 Å². The molecule has 0 aliphatic heterocycles. The van der Waals surface area contributed by atoms with E-state index in [1.165, 1.54) is 64.2 Å². The van der Waals surface area contributed by atoms with E-state index in [9.17, 15) is 14.4 Å². The van der Waals surface area contributed by atoms with Gasteiger partial charge in [0.15, 0.2) is 0 Å². The van der Waals surface area contributed by atoms with Gasteiger partial charge in [-0.3, -0.25) is 14.4 Å². The number of hydrogen-bond acceptors (Lipinski definition) is 4. The molecule has 1 unspecified atom stereocenters. The van der Waals surface area contributed by atoms with Gasteiger partial charge in [0, 0.05) is 12.8 Å². The highest BCUT2D eigenvalue weighted by atomic mass is 16.5. The van der Waals surface area contributed by atoms with Crippen LogP contribution in [0.1, 0.15) is 168 Å². The summed E-state index contributed by atoms with van der Waals surface area (Å²) in [6.07, 6.45) is 42.4. The minimum atomic E-state index is -1.03. The van der Waals surface area contributed by atoms with Crippen LogP contribution in [-0.4, -0.2) is 35.6 Å². The van der Waals surface area contributed by atoms with E-state index >= 15 is 0 Å². The van der Waals surface area contributed by atoms with Gasteiger partial charge in [0.05, 0.1) is 0 Å². The quantitative estimate of drug-likeness (QED) is 0.0439. The Morgan fingerprint density at radius 3 is 1.80 bits per heavy atom. The predicted octanol–water partition coefficient (Wildman–Crippen LogP) is 10.7. The Kier molecular flexibility index (Phi) is 32.2. The van der Waals surface area contributed by atoms with Crippen LogP contribution in [0, 0.1) is 0 Å². The number of amides is 1. The molecule has 2 N–H and O–H groups in total. The first-order valence-electron chi connectivity index (χ1n) is 18.3. The van der Waals surface area contributed by atoms with E-state index in [0.717, 1.165) is 77.0 Å². The molecule has 1 atom stereocenters. The number of esters is 1. The fourth-order valence-corrected chi connectivity index (χ4v) is 5.03. The van der Waals surface area contributed by atoms with Crippen molar-refractivity contribution in [1.82, 2.24) is 5.32 Å². The van der Waals surface area contributed by atoms with Gasteiger partial charge in [-0.15, -0.1) is 0 Å². The van der Waals surface area contributed by atoms with Crippen molar-refractivity contribution >= 4 is 17.8 Å². The number of carboxylic acid groups (broad SMARTS) is 1. The molecule has 0 bridgehead atoms. The molecule has 258 valence electrons. The molecule has 0 aromatic carbocycles. The van der Waals surface area contributed by atoms with Crippen LogP contribution in [0.15, 0.2) is 48.6 Å². The SMILES string of the molecule is CC/C=C\C/C=C\C/C=C\CCCCCCCCCC(=O)OC(/C=C\CCCCCCC)CCCCCCC(=O)NCC(=O)O. The third-order valence-electron chi connectivity index (χ3n) is 7.72. The van der Waals surface area contributed by atoms with Crippen LogP contribution in [0.25, 0.3) is 0 Å². The highest BCUT2D eigenvalue weighted by Crippen LogP contribution is 2.15. The summed E-state index contributed by atoms with van der Waals surface area (Å²) in [6, 6.07) is 0. The van der Waals surface area contributed by atoms with Crippen molar-refractivity contribution in [3.8, 4) is 0 Å². The normalized spacial score (nSPS) is 12.6. The van der Waals surface area contributed by atoms with Crippen LogP contribution < -0.4 is 5.32 Å². The van der Waals surface area contributed by atoms with Gasteiger partial charge in [-0.2, -0.15) is 0 Å². The number of ether oxygens (including phenoxy) is 1. The second-order valence-corrected chi connectivity index (χ2v) is 12.1. The number of allylic oxidation sites excluding steroid dienone is 7. The number of carbonyl (C=O) groups is 3. The summed E-state index contributed by atoms with van der Waals surface area (Å²) in [4.78, 5) is 34.8. The number of carbonyl (C=O) groups excluding carboxylic acids is 2. The Morgan fingerprint density at radius 2 is 1.16 bits per heavy atom. The van der Waals surface area contributed by atoms with E-state index in [2.05, 4.69) is 67.8 Å². The van der Waals surface area contributed by atoms with Crippen molar-refractivity contribution in [3.63, 3.8) is 0 Å². The molecule has 0 saturated heterocycles. The third kappa shape index (κ3) is 34.1. The van der Waals surface area contributed by atoms with E-state index < -0.39 is 5.97 Å². The lowest BCUT2D eigenvalue weighted by molar-refractivity contribution is -0.147. The zero-order valence-electron chi connectivity index (χ0n) is 29.0. The number of rotatable bonds is 32. The van der Waals surface area contributed by atoms with Gasteiger partial charge < -0.3 is 15.2 Å². The van der Waals surface area contributed by atoms with Crippen molar-refractivity contribution in [2.45, 2.75) is 174 Å². The van der Waals surface area contributed by atoms with Crippen LogP contribution in [0.3, 0.4) is 0 Å². The lowest BCUT2D eigenvalue weighted by atomic mass is 10.1. The summed E-state index contributed by atoms with van der Waals surface area (Å²) in [5.74, 6) is -1.34. The maximum absolute atomic E-state index is 12.6. The van der Waals surface area contributed by atoms with Crippen molar-refractivity contribution < 1.29 is 24.2 Å². The first-order chi connectivity index (χ1) is 22.0. The van der Waals surface area contributed by atoms with E-state index in [1.54, 1.807) is 0 Å². The van der Waals surface area contributed by atoms with Crippen molar-refractivity contribution in [2.75, 3.05) is 6.54 Å². The molecule has 0 radical (unpaired) electrons. The fourth-order valence-electron chi connectivity index (χ4n) is 5.03. The summed E-state index contributed by atoms with van der Waals surface area (Å²) >= 11 is 0. The number of hydrogen-bond donors (Lipinski definition) is 2. The zero-order valence-corrected chi connectivity index (χ0v) is 29.0. The molecular weight excluding hydrogens is 562 g/mol. The van der Waals surface area contributed by atoms with Gasteiger partial charge in [-0.1, -0.05) is 127 Å². The smallest absolute Gasteiger partial charge is 0.322 e. The molecule has 0 saturated carbocycles. The Balaban J connectivity index is 4.10. The molecule has 0 fully saturated rings. The summed E-state index contributed by atoms with van der Waals surface area (Å²) in [6.45, 7) is 4.05. The Hall–Kier alpha value is -2.63. The maximum Gasteiger partial charge on any atom is 0.322 e. The first kappa shape index (κ1) is 42.4. The minimum absolute atomic E-state index is 0.0956. The Morgan fingerprint density at radius 1 is 0.622 bits per heavy atom. The Bertz CT molecular complexity index is 829. The highest BCUT2D eigenvalue weighted by Gasteiger charge is 2.12. The van der Waals surface area contributed by atoms with Gasteiger partial charge in [-0.25, -0.2) is 0 Å². The molecule has 0 heterocycles. The second kappa shape index (κ2) is 34.2. The molecule has 45 heavy (non-hydrogen) atoms. The zero-order chi connectivity index (χ0) is 33.1. The summed E-state index contributed by atoms with van der Waals surface area (Å²) < 4.78 is 5.86. The molecule has 0 spiro atoms. The summed E-state index contributed by atoms with van der Waals surface area (Å²) in [7, 11) is 0. The van der Waals surface area contributed by atoms with E-state index in [-0.39, 0.29) is 24.5 Å². The lowest BCUT2D eigenvalue weighted by Crippen LogP contribution is -2.28. The predicted molar refractivity (Wildman–Crippen MR) is 189 cm³/mol. The average Bonchev–Trinajstić information content (AvgIpc) is 3.02. The van der Waals surface area contributed by atoms with Crippen molar-refractivity contribution in [3.05, 3.63) is 48.6 Å². The van der Waals surface area contributed by atoms with Gasteiger partial charge in [-0.05, 0) is 76.7 Å². The lowest BCUT2D eigenvalue weighted by Gasteiger charge is -2.15. The van der Waals surface area contributed by atoms with Crippen LogP contribution in [-0.2, 0) is 19.1 Å². The molecule has 0 aromatic heterocycles. The number of aliphatic carboxylic acids is 1. The molecule has 0 rings (SSSR count). The highest BCUT2D eigenvalue weighted by molar-refractivity contribution is 5.80. The fraction of sp³-hybridized carbons (Fsp3) is 0.718. The third-order valence-corrected chi connectivity index (χ3v) is 7.72. The molecule has 0 aliphatic carbocycles. The monoisotopic (exact) mass is 630 g/mol. The molecule has 0 aliphatic rings. The van der Waals surface area contributed by atoms with Gasteiger partial charge in [0.25, 0.3) is 0 Å². The molecule has 6 heteroatoms. The maximum atomic E-state index is 12.6. The average molecular weight is 630 g/mol. The molecule has 0 aromatic rings. The van der Waals surface area contributed by atoms with E-state index in [4.69, 9.17) is 9.84 Å². The molecular formula is C39H67NO5. The number of carboxylic acids is 1. The van der Waals surface area contributed by atoms with E-state index in [1.807, 2.05) is 0 Å². The summed E-state index contributed by atoms with van der Waals surface area (Å²) in [5.41, 5.74) is 0. The minimum Gasteiger partial charge on any atom is -0.480 e. The number of nitrogens with one attached hydrogen (secondary N) is 1. The Labute approximate surface area is 276 Å². The van der Waals surface area contributed by atoms with Crippen molar-refractivity contribution in [2.24, 2.45) is 0 Å².